The summed E-state index contributed by atoms with van der Waals surface area (Å²) in [6, 6.07) is 4.90. The Morgan fingerprint density at radius 3 is 2.72 bits per heavy atom. The molecule has 18 heavy (non-hydrogen) atoms. The molecule has 0 saturated carbocycles. The van der Waals surface area contributed by atoms with Crippen LogP contribution in [0.25, 0.3) is 0 Å². The fraction of sp³-hybridized carbons (Fsp3) is 0.462. The molecule has 1 aromatic carbocycles. The summed E-state index contributed by atoms with van der Waals surface area (Å²) >= 11 is 5.89. The summed E-state index contributed by atoms with van der Waals surface area (Å²) in [6.45, 7) is 5.97. The van der Waals surface area contributed by atoms with Gasteiger partial charge in [0.2, 0.25) is 5.91 Å². The molecule has 0 aliphatic heterocycles. The highest BCUT2D eigenvalue weighted by Crippen LogP contribution is 2.28. The second kappa shape index (κ2) is 6.61. The van der Waals surface area contributed by atoms with Crippen molar-refractivity contribution in [2.24, 2.45) is 11.7 Å². The highest BCUT2D eigenvalue weighted by Gasteiger charge is 2.18. The lowest BCUT2D eigenvalue weighted by Gasteiger charge is -2.17. The zero-order chi connectivity index (χ0) is 13.7. The number of benzene rings is 1. The first kappa shape index (κ1) is 14.8. The van der Waals surface area contributed by atoms with Crippen LogP contribution in [0.2, 0.25) is 5.02 Å². The van der Waals surface area contributed by atoms with E-state index >= 15 is 0 Å². The molecule has 3 N–H and O–H groups in total. The average molecular weight is 271 g/mol. The van der Waals surface area contributed by atoms with Gasteiger partial charge >= 0.3 is 0 Å². The van der Waals surface area contributed by atoms with Gasteiger partial charge in [-0.25, -0.2) is 0 Å². The lowest BCUT2D eigenvalue weighted by Crippen LogP contribution is -2.34. The first-order chi connectivity index (χ1) is 8.45. The van der Waals surface area contributed by atoms with Crippen LogP contribution in [0, 0.1) is 5.92 Å². The van der Waals surface area contributed by atoms with Crippen LogP contribution in [0.3, 0.4) is 0 Å². The Morgan fingerprint density at radius 1 is 1.50 bits per heavy atom. The second-order valence-electron chi connectivity index (χ2n) is 4.21. The number of carbonyl (C=O) groups is 1. The third kappa shape index (κ3) is 3.89. The number of anilines is 1. The zero-order valence-electron chi connectivity index (χ0n) is 10.9. The molecule has 0 saturated heterocycles. The summed E-state index contributed by atoms with van der Waals surface area (Å²) in [5.41, 5.74) is 6.31. The number of rotatable bonds is 5. The third-order valence-corrected chi connectivity index (χ3v) is 2.94. The van der Waals surface area contributed by atoms with Crippen molar-refractivity contribution >= 4 is 23.2 Å². The van der Waals surface area contributed by atoms with Gasteiger partial charge in [0, 0.05) is 17.1 Å². The molecule has 0 aliphatic carbocycles. The Bertz CT molecular complexity index is 421. The molecule has 1 rings (SSSR count). The van der Waals surface area contributed by atoms with E-state index < -0.39 is 0 Å². The average Bonchev–Trinajstić information content (AvgIpc) is 2.31. The highest BCUT2D eigenvalue weighted by molar-refractivity contribution is 6.30. The van der Waals surface area contributed by atoms with Crippen molar-refractivity contribution in [3.05, 3.63) is 23.2 Å². The van der Waals surface area contributed by atoms with Crippen LogP contribution in [0.1, 0.15) is 20.8 Å². The standard InChI is InChI=1S/C13H19ClN2O2/c1-4-18-12-7-10(14)5-6-11(12)16-13(17)8(2)9(3)15/h5-9H,4,15H2,1-3H3,(H,16,17). The number of hydrogen-bond donors (Lipinski definition) is 2. The molecule has 0 aromatic heterocycles. The Balaban J connectivity index is 2.86. The second-order valence-corrected chi connectivity index (χ2v) is 4.65. The minimum Gasteiger partial charge on any atom is -0.492 e. The van der Waals surface area contributed by atoms with Gasteiger partial charge in [-0.05, 0) is 26.0 Å². The van der Waals surface area contributed by atoms with Crippen LogP contribution < -0.4 is 15.8 Å². The van der Waals surface area contributed by atoms with E-state index in [-0.39, 0.29) is 17.9 Å². The van der Waals surface area contributed by atoms with Gasteiger partial charge in [-0.1, -0.05) is 18.5 Å². The van der Waals surface area contributed by atoms with E-state index in [1.165, 1.54) is 0 Å². The van der Waals surface area contributed by atoms with Gasteiger partial charge in [0.1, 0.15) is 5.75 Å². The predicted octanol–water partition coefficient (Wildman–Crippen LogP) is 2.66. The van der Waals surface area contributed by atoms with Crippen molar-refractivity contribution in [2.45, 2.75) is 26.8 Å². The fourth-order valence-corrected chi connectivity index (χ4v) is 1.52. The van der Waals surface area contributed by atoms with Crippen LogP contribution >= 0.6 is 11.6 Å². The van der Waals surface area contributed by atoms with E-state index in [1.54, 1.807) is 32.0 Å². The maximum absolute atomic E-state index is 11.9. The lowest BCUT2D eigenvalue weighted by atomic mass is 10.0. The first-order valence-electron chi connectivity index (χ1n) is 5.94. The number of halogens is 1. The van der Waals surface area contributed by atoms with Crippen molar-refractivity contribution in [1.82, 2.24) is 0 Å². The molecule has 2 unspecified atom stereocenters. The van der Waals surface area contributed by atoms with Crippen LogP contribution in [0.5, 0.6) is 5.75 Å². The molecule has 100 valence electrons. The first-order valence-corrected chi connectivity index (χ1v) is 6.32. The summed E-state index contributed by atoms with van der Waals surface area (Å²) in [5.74, 6) is 0.165. The molecule has 2 atom stereocenters. The van der Waals surface area contributed by atoms with E-state index in [1.807, 2.05) is 6.92 Å². The SMILES string of the molecule is CCOc1cc(Cl)ccc1NC(=O)C(C)C(C)N. The number of nitrogens with two attached hydrogens (primary N) is 1. The van der Waals surface area contributed by atoms with Gasteiger partial charge in [0.05, 0.1) is 18.2 Å². The fourth-order valence-electron chi connectivity index (χ4n) is 1.36. The van der Waals surface area contributed by atoms with E-state index in [4.69, 9.17) is 22.1 Å². The van der Waals surface area contributed by atoms with Crippen molar-refractivity contribution in [1.29, 1.82) is 0 Å². The molecule has 0 radical (unpaired) electrons. The maximum atomic E-state index is 11.9. The van der Waals surface area contributed by atoms with Crippen molar-refractivity contribution in [3.8, 4) is 5.75 Å². The predicted molar refractivity (Wildman–Crippen MR) is 74.1 cm³/mol. The number of nitrogens with one attached hydrogen (secondary N) is 1. The molecule has 0 heterocycles. The Morgan fingerprint density at radius 2 is 2.17 bits per heavy atom. The molecule has 1 aromatic rings. The smallest absolute Gasteiger partial charge is 0.228 e. The molecule has 1 amide bonds. The Labute approximate surface area is 112 Å². The minimum atomic E-state index is -0.268. The summed E-state index contributed by atoms with van der Waals surface area (Å²) in [7, 11) is 0. The van der Waals surface area contributed by atoms with Gasteiger partial charge < -0.3 is 15.8 Å². The molecular weight excluding hydrogens is 252 g/mol. The van der Waals surface area contributed by atoms with E-state index in [2.05, 4.69) is 5.32 Å². The van der Waals surface area contributed by atoms with E-state index in [9.17, 15) is 4.79 Å². The normalized spacial score (nSPS) is 13.8. The summed E-state index contributed by atoms with van der Waals surface area (Å²) in [6.07, 6.45) is 0. The van der Waals surface area contributed by atoms with Crippen LogP contribution in [0.15, 0.2) is 18.2 Å². The Kier molecular flexibility index (Phi) is 5.44. The molecule has 5 heteroatoms. The van der Waals surface area contributed by atoms with E-state index in [0.717, 1.165) is 0 Å². The minimum absolute atomic E-state index is 0.131. The van der Waals surface area contributed by atoms with Crippen LogP contribution in [0.4, 0.5) is 5.69 Å². The largest absolute Gasteiger partial charge is 0.492 e. The molecule has 0 bridgehead atoms. The summed E-state index contributed by atoms with van der Waals surface area (Å²) in [4.78, 5) is 11.9. The van der Waals surface area contributed by atoms with Gasteiger partial charge in [0.15, 0.2) is 0 Å². The summed E-state index contributed by atoms with van der Waals surface area (Å²) < 4.78 is 5.43. The molecule has 0 fully saturated rings. The number of hydrogen-bond acceptors (Lipinski definition) is 3. The number of amides is 1. The van der Waals surface area contributed by atoms with Crippen LogP contribution in [-0.2, 0) is 4.79 Å². The summed E-state index contributed by atoms with van der Waals surface area (Å²) in [5, 5.41) is 3.37. The van der Waals surface area contributed by atoms with Gasteiger partial charge in [-0.2, -0.15) is 0 Å². The van der Waals surface area contributed by atoms with Crippen molar-refractivity contribution < 1.29 is 9.53 Å². The third-order valence-electron chi connectivity index (χ3n) is 2.70. The molecule has 0 aliphatic rings. The number of carbonyl (C=O) groups excluding carboxylic acids is 1. The van der Waals surface area contributed by atoms with E-state index in [0.29, 0.717) is 23.1 Å². The molecule has 0 spiro atoms. The number of ether oxygens (including phenoxy) is 1. The maximum Gasteiger partial charge on any atom is 0.228 e. The zero-order valence-corrected chi connectivity index (χ0v) is 11.6. The van der Waals surface area contributed by atoms with Gasteiger partial charge in [-0.3, -0.25) is 4.79 Å². The quantitative estimate of drug-likeness (QED) is 0.865. The highest BCUT2D eigenvalue weighted by atomic mass is 35.5. The molecular formula is C13H19ClN2O2. The monoisotopic (exact) mass is 270 g/mol. The van der Waals surface area contributed by atoms with Gasteiger partial charge in [0.25, 0.3) is 0 Å². The topological polar surface area (TPSA) is 64.3 Å². The van der Waals surface area contributed by atoms with Crippen LogP contribution in [-0.4, -0.2) is 18.6 Å². The Hall–Kier alpha value is -1.26. The lowest BCUT2D eigenvalue weighted by molar-refractivity contribution is -0.119. The van der Waals surface area contributed by atoms with Crippen molar-refractivity contribution in [3.63, 3.8) is 0 Å². The van der Waals surface area contributed by atoms with Crippen molar-refractivity contribution in [2.75, 3.05) is 11.9 Å². The van der Waals surface area contributed by atoms with Gasteiger partial charge in [-0.15, -0.1) is 0 Å². The molecule has 4 nitrogen and oxygen atoms in total.